The highest BCUT2D eigenvalue weighted by Gasteiger charge is 2.23. The lowest BCUT2D eigenvalue weighted by Gasteiger charge is -2.32. The maximum Gasteiger partial charge on any atom is 0.174 e. The molecule has 170 valence electrons. The molecule has 0 amide bonds. The maximum absolute atomic E-state index is 6.17. The Labute approximate surface area is 195 Å². The van der Waals surface area contributed by atoms with Gasteiger partial charge in [0.15, 0.2) is 5.11 Å². The zero-order chi connectivity index (χ0) is 22.3. The summed E-state index contributed by atoms with van der Waals surface area (Å²) >= 11 is 5.86. The fourth-order valence-electron chi connectivity index (χ4n) is 4.02. The number of benzene rings is 2. The summed E-state index contributed by atoms with van der Waals surface area (Å²) < 4.78 is 17.0. The van der Waals surface area contributed by atoms with Crippen molar-refractivity contribution in [3.05, 3.63) is 60.4 Å². The predicted octanol–water partition coefficient (Wildman–Crippen LogP) is 4.92. The number of hydrogen-bond donors (Lipinski definition) is 1. The number of fused-ring (bicyclic) bond motifs is 1. The Morgan fingerprint density at radius 2 is 1.97 bits per heavy atom. The molecule has 1 saturated heterocycles. The number of thiocarbonyl (C=S) groups is 1. The third kappa shape index (κ3) is 5.59. The summed E-state index contributed by atoms with van der Waals surface area (Å²) in [6.07, 6.45) is 1.00. The van der Waals surface area contributed by atoms with Gasteiger partial charge in [0, 0.05) is 43.3 Å². The van der Waals surface area contributed by atoms with Gasteiger partial charge in [-0.3, -0.25) is 4.90 Å². The predicted molar refractivity (Wildman–Crippen MR) is 132 cm³/mol. The van der Waals surface area contributed by atoms with Crippen LogP contribution in [0.2, 0.25) is 0 Å². The van der Waals surface area contributed by atoms with Gasteiger partial charge in [-0.05, 0) is 49.8 Å². The molecular formula is C25H31N3O3S. The van der Waals surface area contributed by atoms with E-state index in [0.717, 1.165) is 74.0 Å². The molecule has 0 bridgehead atoms. The number of para-hydroxylation sites is 1. The second kappa shape index (κ2) is 10.8. The monoisotopic (exact) mass is 453 g/mol. The van der Waals surface area contributed by atoms with Crippen LogP contribution in [0.5, 0.6) is 5.75 Å². The molecule has 1 atom stereocenters. The summed E-state index contributed by atoms with van der Waals surface area (Å²) in [5.41, 5.74) is 1.80. The van der Waals surface area contributed by atoms with Gasteiger partial charge in [-0.15, -0.1) is 0 Å². The second-order valence-electron chi connectivity index (χ2n) is 8.03. The van der Waals surface area contributed by atoms with Gasteiger partial charge in [0.05, 0.1) is 26.4 Å². The van der Waals surface area contributed by atoms with Crippen LogP contribution >= 0.6 is 12.2 Å². The summed E-state index contributed by atoms with van der Waals surface area (Å²) in [6.45, 7) is 7.60. The van der Waals surface area contributed by atoms with E-state index in [1.807, 2.05) is 42.5 Å². The van der Waals surface area contributed by atoms with Crippen molar-refractivity contribution in [1.29, 1.82) is 0 Å². The third-order valence-electron chi connectivity index (χ3n) is 5.88. The summed E-state index contributed by atoms with van der Waals surface area (Å²) in [4.78, 5) is 4.67. The first kappa shape index (κ1) is 22.6. The van der Waals surface area contributed by atoms with Crippen LogP contribution in [0.3, 0.4) is 0 Å². The van der Waals surface area contributed by atoms with Crippen molar-refractivity contribution in [2.75, 3.05) is 51.8 Å². The Kier molecular flexibility index (Phi) is 7.63. The van der Waals surface area contributed by atoms with Crippen LogP contribution in [0.4, 0.5) is 5.69 Å². The van der Waals surface area contributed by atoms with E-state index in [0.29, 0.717) is 5.11 Å². The van der Waals surface area contributed by atoms with Gasteiger partial charge in [0.2, 0.25) is 0 Å². The molecule has 2 heterocycles. The molecule has 6 nitrogen and oxygen atoms in total. The van der Waals surface area contributed by atoms with Gasteiger partial charge in [-0.1, -0.05) is 24.3 Å². The molecule has 1 aromatic heterocycles. The van der Waals surface area contributed by atoms with E-state index in [1.54, 1.807) is 7.11 Å². The maximum atomic E-state index is 6.17. The van der Waals surface area contributed by atoms with Crippen molar-refractivity contribution < 1.29 is 13.9 Å². The number of rotatable bonds is 8. The summed E-state index contributed by atoms with van der Waals surface area (Å²) in [5.74, 6) is 1.70. The van der Waals surface area contributed by atoms with Crippen molar-refractivity contribution in [3.8, 4) is 5.75 Å². The van der Waals surface area contributed by atoms with Crippen LogP contribution in [-0.2, 0) is 4.74 Å². The van der Waals surface area contributed by atoms with E-state index in [2.05, 4.69) is 34.2 Å². The van der Waals surface area contributed by atoms with Crippen LogP contribution in [0.25, 0.3) is 11.0 Å². The van der Waals surface area contributed by atoms with Crippen molar-refractivity contribution >= 4 is 34.0 Å². The van der Waals surface area contributed by atoms with Crippen molar-refractivity contribution in [1.82, 2.24) is 9.80 Å². The van der Waals surface area contributed by atoms with E-state index >= 15 is 0 Å². The average molecular weight is 454 g/mol. The first-order chi connectivity index (χ1) is 15.6. The molecule has 1 fully saturated rings. The summed E-state index contributed by atoms with van der Waals surface area (Å²) in [6, 6.07) is 18.0. The van der Waals surface area contributed by atoms with Gasteiger partial charge in [-0.25, -0.2) is 0 Å². The topological polar surface area (TPSA) is 50.1 Å². The Bertz CT molecular complexity index is 999. The SMILES string of the molecule is COc1cccc(NC(=S)N(CCCN2CCOCC2)[C@@H](C)c2cc3ccccc3o2)c1. The molecule has 0 unspecified atom stereocenters. The Balaban J connectivity index is 1.49. The fourth-order valence-corrected chi connectivity index (χ4v) is 4.39. The number of methoxy groups -OCH3 is 1. The lowest BCUT2D eigenvalue weighted by molar-refractivity contribution is 0.0365. The molecule has 1 aliphatic heterocycles. The Morgan fingerprint density at radius 3 is 2.75 bits per heavy atom. The molecule has 7 heteroatoms. The molecule has 3 aromatic rings. The molecule has 0 spiro atoms. The number of ether oxygens (including phenoxy) is 2. The van der Waals surface area contributed by atoms with Crippen LogP contribution in [-0.4, -0.2) is 61.4 Å². The second-order valence-corrected chi connectivity index (χ2v) is 8.41. The van der Waals surface area contributed by atoms with Crippen LogP contribution in [0.1, 0.15) is 25.1 Å². The number of morpholine rings is 1. The number of nitrogens with zero attached hydrogens (tertiary/aromatic N) is 2. The number of anilines is 1. The quantitative estimate of drug-likeness (QED) is 0.486. The lowest BCUT2D eigenvalue weighted by Crippen LogP contribution is -2.41. The zero-order valence-corrected chi connectivity index (χ0v) is 19.6. The molecular weight excluding hydrogens is 422 g/mol. The van der Waals surface area contributed by atoms with E-state index in [1.165, 1.54) is 0 Å². The fraction of sp³-hybridized carbons (Fsp3) is 0.400. The molecule has 32 heavy (non-hydrogen) atoms. The Morgan fingerprint density at radius 1 is 1.16 bits per heavy atom. The average Bonchev–Trinajstić information content (AvgIpc) is 3.26. The van der Waals surface area contributed by atoms with Crippen molar-refractivity contribution in [3.63, 3.8) is 0 Å². The molecule has 0 aliphatic carbocycles. The number of furan rings is 1. The molecule has 1 N–H and O–H groups in total. The molecule has 0 radical (unpaired) electrons. The van der Waals surface area contributed by atoms with Gasteiger partial charge >= 0.3 is 0 Å². The smallest absolute Gasteiger partial charge is 0.174 e. The molecule has 4 rings (SSSR count). The highest BCUT2D eigenvalue weighted by Crippen LogP contribution is 2.28. The lowest BCUT2D eigenvalue weighted by atomic mass is 10.2. The number of hydrogen-bond acceptors (Lipinski definition) is 5. The minimum absolute atomic E-state index is 0.00213. The third-order valence-corrected chi connectivity index (χ3v) is 6.22. The van der Waals surface area contributed by atoms with E-state index < -0.39 is 0 Å². The molecule has 1 aliphatic rings. The van der Waals surface area contributed by atoms with Gasteiger partial charge < -0.3 is 24.1 Å². The standard InChI is InChI=1S/C25H31N3O3S/c1-19(24-17-20-7-3-4-10-23(20)31-24)28(12-6-11-27-13-15-30-16-14-27)25(32)26-21-8-5-9-22(18-21)29-2/h3-5,7-10,17-19H,6,11-16H2,1-2H3,(H,26,32)/t19-/m0/s1. The first-order valence-corrected chi connectivity index (χ1v) is 11.5. The van der Waals surface area contributed by atoms with Gasteiger partial charge in [0.25, 0.3) is 0 Å². The Hall–Kier alpha value is -2.61. The minimum Gasteiger partial charge on any atom is -0.497 e. The highest BCUT2D eigenvalue weighted by atomic mass is 32.1. The summed E-state index contributed by atoms with van der Waals surface area (Å²) in [5, 5.41) is 5.17. The number of nitrogens with one attached hydrogen (secondary N) is 1. The van der Waals surface area contributed by atoms with Crippen LogP contribution in [0.15, 0.2) is 59.0 Å². The zero-order valence-electron chi connectivity index (χ0n) is 18.8. The molecule has 2 aromatic carbocycles. The van der Waals surface area contributed by atoms with Crippen molar-refractivity contribution in [2.24, 2.45) is 0 Å². The largest absolute Gasteiger partial charge is 0.497 e. The van der Waals surface area contributed by atoms with E-state index in [-0.39, 0.29) is 6.04 Å². The van der Waals surface area contributed by atoms with E-state index in [9.17, 15) is 0 Å². The normalized spacial score (nSPS) is 15.4. The van der Waals surface area contributed by atoms with E-state index in [4.69, 9.17) is 26.1 Å². The van der Waals surface area contributed by atoms with Crippen LogP contribution in [0, 0.1) is 0 Å². The first-order valence-electron chi connectivity index (χ1n) is 11.1. The van der Waals surface area contributed by atoms with Crippen LogP contribution < -0.4 is 10.1 Å². The van der Waals surface area contributed by atoms with Gasteiger partial charge in [-0.2, -0.15) is 0 Å². The highest BCUT2D eigenvalue weighted by molar-refractivity contribution is 7.80. The molecule has 0 saturated carbocycles. The van der Waals surface area contributed by atoms with Crippen molar-refractivity contribution in [2.45, 2.75) is 19.4 Å². The summed E-state index contributed by atoms with van der Waals surface area (Å²) in [7, 11) is 1.67. The minimum atomic E-state index is -0.00213. The van der Waals surface area contributed by atoms with Gasteiger partial charge in [0.1, 0.15) is 17.1 Å².